The summed E-state index contributed by atoms with van der Waals surface area (Å²) in [5, 5.41) is 10.2. The summed E-state index contributed by atoms with van der Waals surface area (Å²) >= 11 is 0. The molecule has 1 aliphatic heterocycles. The lowest BCUT2D eigenvalue weighted by atomic mass is 9.87. The Bertz CT molecular complexity index is 717. The molecular formula is C20H25NO3. The number of benzene rings is 2. The second-order valence-corrected chi connectivity index (χ2v) is 7.45. The van der Waals surface area contributed by atoms with Gasteiger partial charge in [-0.2, -0.15) is 0 Å². The van der Waals surface area contributed by atoms with Crippen LogP contribution in [-0.2, 0) is 18.5 Å². The maximum Gasteiger partial charge on any atom is 0.231 e. The van der Waals surface area contributed by atoms with Crippen molar-refractivity contribution in [3.05, 3.63) is 53.1 Å². The Kier molecular flexibility index (Phi) is 4.41. The minimum absolute atomic E-state index is 0.169. The number of aromatic hydroxyl groups is 1. The van der Waals surface area contributed by atoms with E-state index < -0.39 is 0 Å². The zero-order chi connectivity index (χ0) is 17.3. The Morgan fingerprint density at radius 2 is 1.62 bits per heavy atom. The summed E-state index contributed by atoms with van der Waals surface area (Å²) in [5.41, 5.74) is 3.60. The van der Waals surface area contributed by atoms with E-state index in [1.165, 1.54) is 11.1 Å². The van der Waals surface area contributed by atoms with E-state index in [1.54, 1.807) is 6.07 Å². The van der Waals surface area contributed by atoms with Gasteiger partial charge in [0.2, 0.25) is 6.79 Å². The summed E-state index contributed by atoms with van der Waals surface area (Å²) in [6, 6.07) is 12.2. The summed E-state index contributed by atoms with van der Waals surface area (Å²) in [7, 11) is 2.04. The molecule has 0 atom stereocenters. The molecule has 0 bridgehead atoms. The summed E-state index contributed by atoms with van der Waals surface area (Å²) in [4.78, 5) is 2.17. The average Bonchev–Trinajstić information content (AvgIpc) is 2.94. The molecule has 0 radical (unpaired) electrons. The zero-order valence-electron chi connectivity index (χ0n) is 14.8. The van der Waals surface area contributed by atoms with E-state index in [0.29, 0.717) is 18.0 Å². The second-order valence-electron chi connectivity index (χ2n) is 7.45. The molecule has 24 heavy (non-hydrogen) atoms. The number of phenolic OH excluding ortho intramolecular Hbond substituents is 1. The SMILES string of the molecule is CN(Cc1ccc(C(C)(C)C)cc1)Cc1cc2c(cc1O)OCO2. The Morgan fingerprint density at radius 3 is 2.25 bits per heavy atom. The Morgan fingerprint density at radius 1 is 1.00 bits per heavy atom. The van der Waals surface area contributed by atoms with Gasteiger partial charge in [0.15, 0.2) is 11.5 Å². The topological polar surface area (TPSA) is 41.9 Å². The molecule has 0 aromatic heterocycles. The Balaban J connectivity index is 1.67. The highest BCUT2D eigenvalue weighted by Gasteiger charge is 2.18. The molecule has 0 spiro atoms. The van der Waals surface area contributed by atoms with Crippen molar-refractivity contribution in [2.24, 2.45) is 0 Å². The van der Waals surface area contributed by atoms with E-state index in [1.807, 2.05) is 13.1 Å². The van der Waals surface area contributed by atoms with E-state index >= 15 is 0 Å². The largest absolute Gasteiger partial charge is 0.507 e. The molecule has 1 aliphatic rings. The molecule has 0 aliphatic carbocycles. The summed E-state index contributed by atoms with van der Waals surface area (Å²) in [6.45, 7) is 8.33. The Labute approximate surface area is 143 Å². The van der Waals surface area contributed by atoms with Crippen LogP contribution in [0.5, 0.6) is 17.2 Å². The van der Waals surface area contributed by atoms with Gasteiger partial charge in [-0.05, 0) is 29.7 Å². The molecule has 128 valence electrons. The maximum absolute atomic E-state index is 10.2. The third-order valence-corrected chi connectivity index (χ3v) is 4.29. The van der Waals surface area contributed by atoms with Crippen molar-refractivity contribution in [1.29, 1.82) is 0 Å². The van der Waals surface area contributed by atoms with Crippen LogP contribution in [-0.4, -0.2) is 23.8 Å². The number of hydrogen-bond donors (Lipinski definition) is 1. The average molecular weight is 327 g/mol. The molecular weight excluding hydrogens is 302 g/mol. The van der Waals surface area contributed by atoms with E-state index in [4.69, 9.17) is 9.47 Å². The highest BCUT2D eigenvalue weighted by atomic mass is 16.7. The van der Waals surface area contributed by atoms with Gasteiger partial charge in [0, 0.05) is 24.7 Å². The smallest absolute Gasteiger partial charge is 0.231 e. The minimum Gasteiger partial charge on any atom is -0.507 e. The molecule has 2 aromatic rings. The van der Waals surface area contributed by atoms with Crippen LogP contribution < -0.4 is 9.47 Å². The van der Waals surface area contributed by atoms with Crippen molar-refractivity contribution in [1.82, 2.24) is 4.90 Å². The molecule has 4 heteroatoms. The maximum atomic E-state index is 10.2. The Hall–Kier alpha value is -2.20. The van der Waals surface area contributed by atoms with Gasteiger partial charge in [-0.25, -0.2) is 0 Å². The van der Waals surface area contributed by atoms with Crippen LogP contribution >= 0.6 is 0 Å². The third kappa shape index (κ3) is 3.65. The van der Waals surface area contributed by atoms with Gasteiger partial charge in [0.1, 0.15) is 5.75 Å². The van der Waals surface area contributed by atoms with Gasteiger partial charge in [0.05, 0.1) is 0 Å². The molecule has 0 unspecified atom stereocenters. The van der Waals surface area contributed by atoms with Gasteiger partial charge in [0.25, 0.3) is 0 Å². The molecule has 3 rings (SSSR count). The molecule has 0 amide bonds. The van der Waals surface area contributed by atoms with E-state index in [9.17, 15) is 5.11 Å². The van der Waals surface area contributed by atoms with E-state index in [2.05, 4.69) is 49.9 Å². The van der Waals surface area contributed by atoms with Crippen molar-refractivity contribution < 1.29 is 14.6 Å². The van der Waals surface area contributed by atoms with Crippen molar-refractivity contribution in [2.45, 2.75) is 39.3 Å². The van der Waals surface area contributed by atoms with Crippen molar-refractivity contribution >= 4 is 0 Å². The number of nitrogens with zero attached hydrogens (tertiary/aromatic N) is 1. The third-order valence-electron chi connectivity index (χ3n) is 4.29. The first-order chi connectivity index (χ1) is 11.3. The molecule has 0 fully saturated rings. The van der Waals surface area contributed by atoms with Crippen LogP contribution in [0.3, 0.4) is 0 Å². The molecule has 1 heterocycles. The number of ether oxygens (including phenoxy) is 2. The van der Waals surface area contributed by atoms with Crippen LogP contribution in [0.1, 0.15) is 37.5 Å². The van der Waals surface area contributed by atoms with Crippen molar-refractivity contribution in [3.8, 4) is 17.2 Å². The zero-order valence-corrected chi connectivity index (χ0v) is 14.8. The molecule has 0 saturated carbocycles. The second kappa shape index (κ2) is 6.36. The number of phenols is 1. The monoisotopic (exact) mass is 327 g/mol. The predicted octanol–water partition coefficient (Wildman–Crippen LogP) is 4.05. The summed E-state index contributed by atoms with van der Waals surface area (Å²) < 4.78 is 10.7. The van der Waals surface area contributed by atoms with Gasteiger partial charge >= 0.3 is 0 Å². The number of hydrogen-bond acceptors (Lipinski definition) is 4. The lowest BCUT2D eigenvalue weighted by Gasteiger charge is -2.21. The van der Waals surface area contributed by atoms with Gasteiger partial charge in [-0.1, -0.05) is 45.0 Å². The fourth-order valence-electron chi connectivity index (χ4n) is 2.87. The van der Waals surface area contributed by atoms with Crippen molar-refractivity contribution in [3.63, 3.8) is 0 Å². The normalized spacial score (nSPS) is 13.5. The van der Waals surface area contributed by atoms with Gasteiger partial charge < -0.3 is 14.6 Å². The predicted molar refractivity (Wildman–Crippen MR) is 94.5 cm³/mol. The van der Waals surface area contributed by atoms with E-state index in [-0.39, 0.29) is 18.0 Å². The highest BCUT2D eigenvalue weighted by molar-refractivity contribution is 5.51. The van der Waals surface area contributed by atoms with Gasteiger partial charge in [-0.3, -0.25) is 4.90 Å². The standard InChI is InChI=1S/C20H25NO3/c1-20(2,3)16-7-5-14(6-8-16)11-21(4)12-15-9-18-19(10-17(15)22)24-13-23-18/h5-10,22H,11-13H2,1-4H3. The van der Waals surface area contributed by atoms with Crippen molar-refractivity contribution in [2.75, 3.05) is 13.8 Å². The van der Waals surface area contributed by atoms with Crippen LogP contribution in [0.25, 0.3) is 0 Å². The van der Waals surface area contributed by atoms with Crippen LogP contribution in [0, 0.1) is 0 Å². The quantitative estimate of drug-likeness (QED) is 0.920. The summed E-state index contributed by atoms with van der Waals surface area (Å²) in [5.74, 6) is 1.55. The van der Waals surface area contributed by atoms with Crippen LogP contribution in [0.4, 0.5) is 0 Å². The van der Waals surface area contributed by atoms with Gasteiger partial charge in [-0.15, -0.1) is 0 Å². The lowest BCUT2D eigenvalue weighted by Crippen LogP contribution is -2.17. The molecule has 0 saturated heterocycles. The summed E-state index contributed by atoms with van der Waals surface area (Å²) in [6.07, 6.45) is 0. The van der Waals surface area contributed by atoms with Crippen LogP contribution in [0.2, 0.25) is 0 Å². The molecule has 1 N–H and O–H groups in total. The first-order valence-electron chi connectivity index (χ1n) is 8.22. The number of fused-ring (bicyclic) bond motifs is 1. The molecule has 2 aromatic carbocycles. The fourth-order valence-corrected chi connectivity index (χ4v) is 2.87. The lowest BCUT2D eigenvalue weighted by molar-refractivity contribution is 0.174. The first kappa shape index (κ1) is 16.7. The first-order valence-corrected chi connectivity index (χ1v) is 8.22. The highest BCUT2D eigenvalue weighted by Crippen LogP contribution is 2.38. The minimum atomic E-state index is 0.169. The molecule has 4 nitrogen and oxygen atoms in total. The number of rotatable bonds is 4. The fraction of sp³-hybridized carbons (Fsp3) is 0.400. The van der Waals surface area contributed by atoms with E-state index in [0.717, 1.165) is 12.1 Å². The van der Waals surface area contributed by atoms with Crippen LogP contribution in [0.15, 0.2) is 36.4 Å².